The first-order valence-corrected chi connectivity index (χ1v) is 12.2. The Morgan fingerprint density at radius 3 is 2.64 bits per heavy atom. The summed E-state index contributed by atoms with van der Waals surface area (Å²) in [6, 6.07) is 18.8. The lowest BCUT2D eigenvalue weighted by Crippen LogP contribution is -2.30. The van der Waals surface area contributed by atoms with Crippen molar-refractivity contribution in [2.75, 3.05) is 6.54 Å². The van der Waals surface area contributed by atoms with Gasteiger partial charge in [-0.2, -0.15) is 0 Å². The van der Waals surface area contributed by atoms with E-state index in [2.05, 4.69) is 62.0 Å². The lowest BCUT2D eigenvalue weighted by molar-refractivity contribution is 0.243. The second kappa shape index (κ2) is 8.71. The summed E-state index contributed by atoms with van der Waals surface area (Å²) in [5, 5.41) is 1.30. The van der Waals surface area contributed by atoms with Crippen molar-refractivity contribution in [1.29, 1.82) is 0 Å². The first-order chi connectivity index (χ1) is 16.2. The molecule has 4 heterocycles. The van der Waals surface area contributed by atoms with Gasteiger partial charge < -0.3 is 4.57 Å². The number of fused-ring (bicyclic) bond motifs is 2. The second-order valence-corrected chi connectivity index (χ2v) is 10.1. The highest BCUT2D eigenvalue weighted by atomic mass is 35.5. The Labute approximate surface area is 201 Å². The smallest absolute Gasteiger partial charge is 0.183 e. The highest BCUT2D eigenvalue weighted by Crippen LogP contribution is 2.28. The van der Waals surface area contributed by atoms with Crippen LogP contribution in [0.15, 0.2) is 73.2 Å². The van der Waals surface area contributed by atoms with Gasteiger partial charge in [0.15, 0.2) is 10.3 Å². The molecule has 0 N–H and O–H groups in total. The topological polar surface area (TPSA) is 46.8 Å². The Bertz CT molecular complexity index is 1430. The Kier molecular flexibility index (Phi) is 5.42. The Hall–Kier alpha value is -3.06. The average molecular weight is 472 g/mol. The molecule has 5 nitrogen and oxygen atoms in total. The normalized spacial score (nSPS) is 14.0. The fraction of sp³-hybridized carbons (Fsp3) is 0.192. The number of halogens is 1. The third-order valence-corrected chi connectivity index (χ3v) is 7.26. The van der Waals surface area contributed by atoms with Gasteiger partial charge in [0, 0.05) is 71.6 Å². The number of hydrogen-bond donors (Lipinski definition) is 0. The van der Waals surface area contributed by atoms with E-state index in [4.69, 9.17) is 16.6 Å². The molecule has 0 unspecified atom stereocenters. The van der Waals surface area contributed by atoms with Crippen LogP contribution < -0.4 is 0 Å². The zero-order valence-corrected chi connectivity index (χ0v) is 19.6. The molecule has 0 atom stereocenters. The van der Waals surface area contributed by atoms with Gasteiger partial charge in [-0.25, -0.2) is 15.0 Å². The van der Waals surface area contributed by atoms with Gasteiger partial charge in [-0.1, -0.05) is 60.1 Å². The van der Waals surface area contributed by atoms with Crippen molar-refractivity contribution in [2.45, 2.75) is 26.1 Å². The third kappa shape index (κ3) is 4.17. The number of hydrogen-bond acceptors (Lipinski definition) is 5. The maximum atomic E-state index is 6.05. The predicted octanol–water partition coefficient (Wildman–Crippen LogP) is 5.81. The van der Waals surface area contributed by atoms with Crippen LogP contribution in [-0.4, -0.2) is 31.0 Å². The van der Waals surface area contributed by atoms with Crippen molar-refractivity contribution in [2.24, 2.45) is 0 Å². The molecular formula is C26H22ClN5S. The lowest BCUT2D eigenvalue weighted by Gasteiger charge is -2.28. The lowest BCUT2D eigenvalue weighted by atomic mass is 10.1. The first-order valence-electron chi connectivity index (χ1n) is 11.0. The number of thiazole rings is 1. The molecule has 33 heavy (non-hydrogen) atoms. The molecule has 7 heteroatoms. The summed E-state index contributed by atoms with van der Waals surface area (Å²) in [6.45, 7) is 3.54. The molecule has 5 aromatic rings. The Morgan fingerprint density at radius 2 is 1.79 bits per heavy atom. The van der Waals surface area contributed by atoms with Crippen LogP contribution in [0, 0.1) is 0 Å². The van der Waals surface area contributed by atoms with Crippen LogP contribution in [0.1, 0.15) is 21.7 Å². The fourth-order valence-electron chi connectivity index (χ4n) is 4.58. The number of para-hydroxylation sites is 1. The van der Waals surface area contributed by atoms with Gasteiger partial charge in [0.1, 0.15) is 0 Å². The van der Waals surface area contributed by atoms with E-state index in [1.807, 2.05) is 30.6 Å². The van der Waals surface area contributed by atoms with Crippen LogP contribution in [0.3, 0.4) is 0 Å². The number of aromatic nitrogens is 4. The zero-order chi connectivity index (χ0) is 22.2. The maximum Gasteiger partial charge on any atom is 0.183 e. The highest BCUT2D eigenvalue weighted by Gasteiger charge is 2.20. The van der Waals surface area contributed by atoms with Crippen molar-refractivity contribution in [3.8, 4) is 11.4 Å². The fourth-order valence-corrected chi connectivity index (χ4v) is 5.56. The van der Waals surface area contributed by atoms with Crippen LogP contribution in [0.5, 0.6) is 0 Å². The summed E-state index contributed by atoms with van der Waals surface area (Å²) in [6.07, 6.45) is 7.10. The zero-order valence-electron chi connectivity index (χ0n) is 18.0. The third-order valence-electron chi connectivity index (χ3n) is 6.16. The van der Waals surface area contributed by atoms with Crippen LogP contribution in [0.4, 0.5) is 0 Å². The SMILES string of the molecule is Clc1ncc(Cn2cc(CN3CCc4nc(-c5ccccc5)ncc4C3)c3ccccc32)s1. The van der Waals surface area contributed by atoms with Crippen molar-refractivity contribution in [1.82, 2.24) is 24.4 Å². The van der Waals surface area contributed by atoms with Crippen LogP contribution >= 0.6 is 22.9 Å². The predicted molar refractivity (Wildman–Crippen MR) is 133 cm³/mol. The van der Waals surface area contributed by atoms with Crippen molar-refractivity contribution in [3.63, 3.8) is 0 Å². The molecule has 0 bridgehead atoms. The highest BCUT2D eigenvalue weighted by molar-refractivity contribution is 7.15. The molecule has 0 saturated heterocycles. The van der Waals surface area contributed by atoms with Crippen molar-refractivity contribution < 1.29 is 0 Å². The Morgan fingerprint density at radius 1 is 0.939 bits per heavy atom. The average Bonchev–Trinajstić information content (AvgIpc) is 3.42. The summed E-state index contributed by atoms with van der Waals surface area (Å²) in [5.74, 6) is 0.814. The van der Waals surface area contributed by atoms with E-state index in [1.165, 1.54) is 39.1 Å². The van der Waals surface area contributed by atoms with Crippen LogP contribution in [-0.2, 0) is 26.1 Å². The molecule has 1 aliphatic heterocycles. The van der Waals surface area contributed by atoms with Gasteiger partial charge in [-0.3, -0.25) is 4.90 Å². The molecule has 2 aromatic carbocycles. The summed E-state index contributed by atoms with van der Waals surface area (Å²) < 4.78 is 2.90. The number of benzene rings is 2. The largest absolute Gasteiger partial charge is 0.342 e. The monoisotopic (exact) mass is 471 g/mol. The van der Waals surface area contributed by atoms with E-state index in [9.17, 15) is 0 Å². The van der Waals surface area contributed by atoms with E-state index >= 15 is 0 Å². The molecule has 164 valence electrons. The molecule has 0 fully saturated rings. The van der Waals surface area contributed by atoms with Gasteiger partial charge in [0.2, 0.25) is 0 Å². The molecule has 0 saturated carbocycles. The summed E-state index contributed by atoms with van der Waals surface area (Å²) >= 11 is 7.58. The number of nitrogens with zero attached hydrogens (tertiary/aromatic N) is 5. The quantitative estimate of drug-likeness (QED) is 0.324. The van der Waals surface area contributed by atoms with Crippen LogP contribution in [0.25, 0.3) is 22.3 Å². The van der Waals surface area contributed by atoms with E-state index < -0.39 is 0 Å². The summed E-state index contributed by atoms with van der Waals surface area (Å²) in [4.78, 5) is 17.4. The minimum Gasteiger partial charge on any atom is -0.342 e. The molecule has 0 spiro atoms. The molecular weight excluding hydrogens is 450 g/mol. The van der Waals surface area contributed by atoms with Crippen molar-refractivity contribution in [3.05, 3.63) is 99.4 Å². The van der Waals surface area contributed by atoms with Gasteiger partial charge in [-0.05, 0) is 11.6 Å². The van der Waals surface area contributed by atoms with E-state index in [0.717, 1.165) is 48.9 Å². The first kappa shape index (κ1) is 20.5. The molecule has 6 rings (SSSR count). The summed E-state index contributed by atoms with van der Waals surface area (Å²) in [5.41, 5.74) is 6.04. The van der Waals surface area contributed by atoms with Gasteiger partial charge in [0.05, 0.1) is 12.2 Å². The summed E-state index contributed by atoms with van der Waals surface area (Å²) in [7, 11) is 0. The minimum absolute atomic E-state index is 0.589. The Balaban J connectivity index is 1.24. The van der Waals surface area contributed by atoms with E-state index in [-0.39, 0.29) is 0 Å². The van der Waals surface area contributed by atoms with E-state index in [1.54, 1.807) is 0 Å². The molecule has 0 aliphatic carbocycles. The maximum absolute atomic E-state index is 6.05. The second-order valence-electron chi connectivity index (χ2n) is 8.37. The van der Waals surface area contributed by atoms with Gasteiger partial charge >= 0.3 is 0 Å². The standard InChI is InChI=1S/C26H22ClN5S/c27-26-29-13-21(33-26)17-32-16-20(22-8-4-5-9-24(22)32)15-31-11-10-23-19(14-31)12-28-25(30-23)18-6-2-1-3-7-18/h1-9,12-13,16H,10-11,14-15,17H2. The van der Waals surface area contributed by atoms with Crippen LogP contribution in [0.2, 0.25) is 4.47 Å². The van der Waals surface area contributed by atoms with Gasteiger partial charge in [0.25, 0.3) is 0 Å². The van der Waals surface area contributed by atoms with Crippen molar-refractivity contribution >= 4 is 33.8 Å². The molecule has 3 aromatic heterocycles. The molecule has 0 amide bonds. The minimum atomic E-state index is 0.589. The molecule has 1 aliphatic rings. The number of rotatable bonds is 5. The van der Waals surface area contributed by atoms with E-state index in [0.29, 0.717) is 4.47 Å². The van der Waals surface area contributed by atoms with Gasteiger partial charge in [-0.15, -0.1) is 11.3 Å². The molecule has 0 radical (unpaired) electrons.